The predicted molar refractivity (Wildman–Crippen MR) is 97.6 cm³/mol. The molecule has 0 unspecified atom stereocenters. The second kappa shape index (κ2) is 7.31. The van der Waals surface area contributed by atoms with Crippen LogP contribution in [-0.4, -0.2) is 18.2 Å². The van der Waals surface area contributed by atoms with Crippen LogP contribution in [0.15, 0.2) is 42.5 Å². The Kier molecular flexibility index (Phi) is 5.14. The van der Waals surface area contributed by atoms with Gasteiger partial charge in [0.1, 0.15) is 0 Å². The Bertz CT molecular complexity index is 716. The highest BCUT2D eigenvalue weighted by Crippen LogP contribution is 2.43. The van der Waals surface area contributed by atoms with Crippen molar-refractivity contribution in [3.63, 3.8) is 0 Å². The molecule has 4 heteroatoms. The molecule has 0 atom stereocenters. The lowest BCUT2D eigenvalue weighted by Gasteiger charge is -2.42. The van der Waals surface area contributed by atoms with E-state index in [1.165, 1.54) is 23.3 Å². The molecule has 1 N–H and O–H groups in total. The number of hydrogen-bond acceptors (Lipinski definition) is 3. The minimum absolute atomic E-state index is 0.0289. The van der Waals surface area contributed by atoms with E-state index in [9.17, 15) is 9.59 Å². The molecule has 1 aromatic carbocycles. The van der Waals surface area contributed by atoms with E-state index in [0.29, 0.717) is 6.54 Å². The number of Topliss-reactive ketones (excluding diaryl/α,β-unsaturated/α-hetero) is 1. The number of nitrogens with one attached hydrogen (secondary N) is 1. The normalized spacial score (nSPS) is 15.5. The summed E-state index contributed by atoms with van der Waals surface area (Å²) in [7, 11) is 0. The van der Waals surface area contributed by atoms with Gasteiger partial charge in [0.05, 0.1) is 4.88 Å². The number of carbonyl (C=O) groups excluding carboxylic acids is 2. The topological polar surface area (TPSA) is 46.2 Å². The molecule has 1 fully saturated rings. The fraction of sp³-hybridized carbons (Fsp3) is 0.400. The maximum absolute atomic E-state index is 12.1. The summed E-state index contributed by atoms with van der Waals surface area (Å²) in [4.78, 5) is 26.1. The SMILES string of the molecule is Cc1ccc(C(=O)CCC(=O)NCC2(c3ccccc3)CCC2)s1. The summed E-state index contributed by atoms with van der Waals surface area (Å²) in [5.74, 6) is 0.0310. The number of thiophene rings is 1. The van der Waals surface area contributed by atoms with Crippen LogP contribution in [0.5, 0.6) is 0 Å². The molecule has 3 rings (SSSR count). The molecule has 0 saturated heterocycles. The Morgan fingerprint density at radius 2 is 1.83 bits per heavy atom. The highest BCUT2D eigenvalue weighted by molar-refractivity contribution is 7.14. The fourth-order valence-electron chi connectivity index (χ4n) is 3.25. The molecule has 0 aliphatic heterocycles. The minimum Gasteiger partial charge on any atom is -0.355 e. The van der Waals surface area contributed by atoms with Crippen LogP contribution in [-0.2, 0) is 10.2 Å². The standard InChI is InChI=1S/C20H23NO2S/c1-15-8-10-18(24-15)17(22)9-11-19(23)21-14-20(12-5-13-20)16-6-3-2-4-7-16/h2-4,6-8,10H,5,9,11-14H2,1H3,(H,21,23). The van der Waals surface area contributed by atoms with Crippen molar-refractivity contribution < 1.29 is 9.59 Å². The largest absolute Gasteiger partial charge is 0.355 e. The van der Waals surface area contributed by atoms with Gasteiger partial charge in [-0.25, -0.2) is 0 Å². The molecule has 0 radical (unpaired) electrons. The molecule has 1 aliphatic carbocycles. The van der Waals surface area contributed by atoms with Gasteiger partial charge >= 0.3 is 0 Å². The molecule has 3 nitrogen and oxygen atoms in total. The van der Waals surface area contributed by atoms with Crippen LogP contribution in [0.2, 0.25) is 0 Å². The Morgan fingerprint density at radius 3 is 2.42 bits per heavy atom. The van der Waals surface area contributed by atoms with E-state index >= 15 is 0 Å². The highest BCUT2D eigenvalue weighted by Gasteiger charge is 2.38. The summed E-state index contributed by atoms with van der Waals surface area (Å²) < 4.78 is 0. The number of ketones is 1. The van der Waals surface area contributed by atoms with E-state index in [-0.39, 0.29) is 29.9 Å². The van der Waals surface area contributed by atoms with Crippen LogP contribution >= 0.6 is 11.3 Å². The summed E-state index contributed by atoms with van der Waals surface area (Å²) in [5, 5.41) is 3.05. The zero-order valence-electron chi connectivity index (χ0n) is 14.0. The lowest BCUT2D eigenvalue weighted by Crippen LogP contribution is -2.45. The van der Waals surface area contributed by atoms with Crippen LogP contribution in [0.4, 0.5) is 0 Å². The van der Waals surface area contributed by atoms with Crippen molar-refractivity contribution in [2.45, 2.75) is 44.4 Å². The zero-order valence-corrected chi connectivity index (χ0v) is 14.8. The molecular formula is C20H23NO2S. The highest BCUT2D eigenvalue weighted by atomic mass is 32.1. The fourth-order valence-corrected chi connectivity index (χ4v) is 4.09. The van der Waals surface area contributed by atoms with E-state index in [1.807, 2.05) is 25.1 Å². The minimum atomic E-state index is -0.0289. The molecule has 1 aromatic heterocycles. The number of amides is 1. The van der Waals surface area contributed by atoms with Gasteiger partial charge < -0.3 is 5.32 Å². The van der Waals surface area contributed by atoms with Crippen molar-refractivity contribution in [1.29, 1.82) is 0 Å². The Morgan fingerprint density at radius 1 is 1.08 bits per heavy atom. The lowest BCUT2D eigenvalue weighted by molar-refractivity contribution is -0.121. The van der Waals surface area contributed by atoms with Gasteiger partial charge in [0.15, 0.2) is 5.78 Å². The van der Waals surface area contributed by atoms with Crippen molar-refractivity contribution in [2.24, 2.45) is 0 Å². The van der Waals surface area contributed by atoms with Gasteiger partial charge in [0, 0.05) is 29.7 Å². The quantitative estimate of drug-likeness (QED) is 0.765. The average Bonchev–Trinajstić information content (AvgIpc) is 2.99. The summed E-state index contributed by atoms with van der Waals surface area (Å²) >= 11 is 1.49. The lowest BCUT2D eigenvalue weighted by atomic mass is 9.64. The third kappa shape index (κ3) is 3.75. The number of hydrogen-bond donors (Lipinski definition) is 1. The van der Waals surface area contributed by atoms with Crippen LogP contribution in [0.1, 0.15) is 52.2 Å². The van der Waals surface area contributed by atoms with Gasteiger partial charge in [0.2, 0.25) is 5.91 Å². The number of rotatable bonds is 7. The third-order valence-corrected chi connectivity index (χ3v) is 5.96. The van der Waals surface area contributed by atoms with Crippen LogP contribution in [0, 0.1) is 6.92 Å². The predicted octanol–water partition coefficient (Wildman–Crippen LogP) is 4.26. The van der Waals surface area contributed by atoms with Crippen LogP contribution in [0.3, 0.4) is 0 Å². The monoisotopic (exact) mass is 341 g/mol. The maximum Gasteiger partial charge on any atom is 0.220 e. The van der Waals surface area contributed by atoms with Gasteiger partial charge in [-0.3, -0.25) is 9.59 Å². The molecule has 0 bridgehead atoms. The van der Waals surface area contributed by atoms with E-state index in [4.69, 9.17) is 0 Å². The molecule has 0 spiro atoms. The molecule has 1 heterocycles. The van der Waals surface area contributed by atoms with E-state index in [2.05, 4.69) is 29.6 Å². The zero-order chi connectivity index (χ0) is 17.0. The van der Waals surface area contributed by atoms with Crippen molar-refractivity contribution in [3.05, 3.63) is 57.8 Å². The summed E-state index contributed by atoms with van der Waals surface area (Å²) in [6.07, 6.45) is 3.99. The van der Waals surface area contributed by atoms with Gasteiger partial charge in [-0.1, -0.05) is 36.8 Å². The first-order chi connectivity index (χ1) is 11.6. The first kappa shape index (κ1) is 16.9. The number of benzene rings is 1. The molecule has 1 aliphatic rings. The van der Waals surface area contributed by atoms with Crippen molar-refractivity contribution >= 4 is 23.0 Å². The van der Waals surface area contributed by atoms with E-state index in [1.54, 1.807) is 0 Å². The second-order valence-corrected chi connectivity index (χ2v) is 7.90. The molecule has 2 aromatic rings. The van der Waals surface area contributed by atoms with Gasteiger partial charge in [0.25, 0.3) is 0 Å². The van der Waals surface area contributed by atoms with Gasteiger partial charge in [-0.05, 0) is 37.5 Å². The third-order valence-electron chi connectivity index (χ3n) is 4.92. The maximum atomic E-state index is 12.1. The Hall–Kier alpha value is -1.94. The van der Waals surface area contributed by atoms with E-state index in [0.717, 1.165) is 22.6 Å². The summed E-state index contributed by atoms with van der Waals surface area (Å²) in [6.45, 7) is 2.65. The summed E-state index contributed by atoms with van der Waals surface area (Å²) in [6, 6.07) is 14.2. The molecule has 1 amide bonds. The van der Waals surface area contributed by atoms with Crippen molar-refractivity contribution in [2.75, 3.05) is 6.54 Å². The van der Waals surface area contributed by atoms with Crippen molar-refractivity contribution in [3.8, 4) is 0 Å². The smallest absolute Gasteiger partial charge is 0.220 e. The Balaban J connectivity index is 1.49. The van der Waals surface area contributed by atoms with Crippen LogP contribution in [0.25, 0.3) is 0 Å². The van der Waals surface area contributed by atoms with E-state index < -0.39 is 0 Å². The molecular weight excluding hydrogens is 318 g/mol. The first-order valence-electron chi connectivity index (χ1n) is 8.51. The van der Waals surface area contributed by atoms with Gasteiger partial charge in [-0.2, -0.15) is 0 Å². The Labute approximate surface area is 147 Å². The average molecular weight is 341 g/mol. The second-order valence-electron chi connectivity index (χ2n) is 6.61. The molecule has 24 heavy (non-hydrogen) atoms. The molecule has 126 valence electrons. The van der Waals surface area contributed by atoms with Crippen LogP contribution < -0.4 is 5.32 Å². The number of carbonyl (C=O) groups is 2. The first-order valence-corrected chi connectivity index (χ1v) is 9.33. The van der Waals surface area contributed by atoms with Gasteiger partial charge in [-0.15, -0.1) is 11.3 Å². The summed E-state index contributed by atoms with van der Waals surface area (Å²) in [5.41, 5.74) is 1.40. The number of aryl methyl sites for hydroxylation is 1. The molecule has 1 saturated carbocycles. The van der Waals surface area contributed by atoms with Crippen molar-refractivity contribution in [1.82, 2.24) is 5.32 Å².